The number of methoxy groups -OCH3 is 1. The Morgan fingerprint density at radius 2 is 2.28 bits per heavy atom. The Bertz CT molecular complexity index is 482. The lowest BCUT2D eigenvalue weighted by atomic mass is 9.82. The fourth-order valence-electron chi connectivity index (χ4n) is 2.33. The van der Waals surface area contributed by atoms with E-state index in [1.165, 1.54) is 6.92 Å². The Kier molecular flexibility index (Phi) is 3.65. The minimum Gasteiger partial charge on any atom is -0.497 e. The minimum absolute atomic E-state index is 0.0450. The van der Waals surface area contributed by atoms with Crippen LogP contribution in [0.5, 0.6) is 5.75 Å². The van der Waals surface area contributed by atoms with Crippen molar-refractivity contribution in [2.75, 3.05) is 13.7 Å². The van der Waals surface area contributed by atoms with E-state index < -0.39 is 0 Å². The molecule has 4 heteroatoms. The van der Waals surface area contributed by atoms with E-state index in [-0.39, 0.29) is 17.6 Å². The van der Waals surface area contributed by atoms with Gasteiger partial charge >= 0.3 is 0 Å². The number of hydrogen-bond acceptors (Lipinski definition) is 3. The van der Waals surface area contributed by atoms with E-state index in [9.17, 15) is 9.59 Å². The standard InChI is InChI=1S/C14H17NO3/c1-9(16)15-8-10-3-6-14(17)12-5-4-11(18-2)7-13(10)12/h4-5,7,10H,3,6,8H2,1-2H3,(H,15,16)/t10-/m1/s1. The first-order chi connectivity index (χ1) is 8.61. The van der Waals surface area contributed by atoms with Crippen LogP contribution in [-0.2, 0) is 4.79 Å². The van der Waals surface area contributed by atoms with E-state index in [4.69, 9.17) is 4.74 Å². The molecule has 96 valence electrons. The number of benzene rings is 1. The van der Waals surface area contributed by atoms with Gasteiger partial charge in [-0.15, -0.1) is 0 Å². The quantitative estimate of drug-likeness (QED) is 0.887. The highest BCUT2D eigenvalue weighted by molar-refractivity contribution is 5.99. The molecule has 1 aliphatic carbocycles. The van der Waals surface area contributed by atoms with Gasteiger partial charge in [-0.1, -0.05) is 0 Å². The summed E-state index contributed by atoms with van der Waals surface area (Å²) in [6.07, 6.45) is 1.32. The Hall–Kier alpha value is -1.84. The van der Waals surface area contributed by atoms with Crippen LogP contribution in [0.15, 0.2) is 18.2 Å². The van der Waals surface area contributed by atoms with Crippen LogP contribution in [0.25, 0.3) is 0 Å². The molecule has 0 aromatic heterocycles. The predicted molar refractivity (Wildman–Crippen MR) is 68.0 cm³/mol. The van der Waals surface area contributed by atoms with Crippen molar-refractivity contribution in [3.05, 3.63) is 29.3 Å². The second-order valence-electron chi connectivity index (χ2n) is 4.55. The fraction of sp³-hybridized carbons (Fsp3) is 0.429. The van der Waals surface area contributed by atoms with Crippen LogP contribution in [0.1, 0.15) is 41.6 Å². The summed E-state index contributed by atoms with van der Waals surface area (Å²) in [7, 11) is 1.61. The molecule has 2 rings (SSSR count). The molecule has 0 saturated carbocycles. The maximum Gasteiger partial charge on any atom is 0.216 e. The number of hydrogen-bond donors (Lipinski definition) is 1. The van der Waals surface area contributed by atoms with Gasteiger partial charge in [-0.25, -0.2) is 0 Å². The number of amides is 1. The minimum atomic E-state index is -0.0450. The van der Waals surface area contributed by atoms with Crippen LogP contribution in [0.3, 0.4) is 0 Å². The molecular weight excluding hydrogens is 230 g/mol. The third kappa shape index (κ3) is 2.53. The first-order valence-corrected chi connectivity index (χ1v) is 6.07. The van der Waals surface area contributed by atoms with Crippen LogP contribution in [0.2, 0.25) is 0 Å². The summed E-state index contributed by atoms with van der Waals surface area (Å²) in [4.78, 5) is 22.8. The Labute approximate surface area is 106 Å². The number of carbonyl (C=O) groups excluding carboxylic acids is 2. The van der Waals surface area contributed by atoms with Crippen molar-refractivity contribution in [3.63, 3.8) is 0 Å². The van der Waals surface area contributed by atoms with E-state index >= 15 is 0 Å². The maximum absolute atomic E-state index is 11.8. The van der Waals surface area contributed by atoms with Crippen LogP contribution in [0.4, 0.5) is 0 Å². The zero-order valence-corrected chi connectivity index (χ0v) is 10.7. The summed E-state index contributed by atoms with van der Waals surface area (Å²) in [5.41, 5.74) is 1.75. The average molecular weight is 247 g/mol. The van der Waals surface area contributed by atoms with Crippen molar-refractivity contribution in [1.82, 2.24) is 5.32 Å². The molecule has 1 aliphatic rings. The topological polar surface area (TPSA) is 55.4 Å². The Morgan fingerprint density at radius 3 is 2.94 bits per heavy atom. The second kappa shape index (κ2) is 5.21. The normalized spacial score (nSPS) is 18.1. The van der Waals surface area contributed by atoms with Crippen molar-refractivity contribution >= 4 is 11.7 Å². The molecule has 0 unspecified atom stereocenters. The molecule has 1 atom stereocenters. The van der Waals surface area contributed by atoms with Gasteiger partial charge in [-0.3, -0.25) is 9.59 Å². The van der Waals surface area contributed by atoms with E-state index in [1.807, 2.05) is 12.1 Å². The molecule has 18 heavy (non-hydrogen) atoms. The summed E-state index contributed by atoms with van der Waals surface area (Å²) in [5.74, 6) is 1.07. The van der Waals surface area contributed by atoms with E-state index in [0.29, 0.717) is 13.0 Å². The van der Waals surface area contributed by atoms with Crippen molar-refractivity contribution in [1.29, 1.82) is 0 Å². The third-order valence-corrected chi connectivity index (χ3v) is 3.32. The lowest BCUT2D eigenvalue weighted by Crippen LogP contribution is -2.29. The SMILES string of the molecule is COc1ccc2c(c1)[C@@H](CNC(C)=O)CCC2=O. The molecular formula is C14H17NO3. The molecule has 1 amide bonds. The highest BCUT2D eigenvalue weighted by atomic mass is 16.5. The number of ketones is 1. The lowest BCUT2D eigenvalue weighted by Gasteiger charge is -2.25. The summed E-state index contributed by atoms with van der Waals surface area (Å²) in [6.45, 7) is 2.07. The van der Waals surface area contributed by atoms with Gasteiger partial charge in [0, 0.05) is 31.4 Å². The summed E-state index contributed by atoms with van der Waals surface area (Å²) in [5, 5.41) is 2.82. The molecule has 1 aromatic carbocycles. The van der Waals surface area contributed by atoms with Crippen molar-refractivity contribution in [2.24, 2.45) is 0 Å². The van der Waals surface area contributed by atoms with Gasteiger partial charge in [0.1, 0.15) is 5.75 Å². The number of fused-ring (bicyclic) bond motifs is 1. The highest BCUT2D eigenvalue weighted by Crippen LogP contribution is 2.33. The van der Waals surface area contributed by atoms with Gasteiger partial charge in [0.2, 0.25) is 5.91 Å². The van der Waals surface area contributed by atoms with Crippen molar-refractivity contribution < 1.29 is 14.3 Å². The van der Waals surface area contributed by atoms with E-state index in [0.717, 1.165) is 23.3 Å². The zero-order chi connectivity index (χ0) is 13.1. The van der Waals surface area contributed by atoms with Gasteiger partial charge in [-0.2, -0.15) is 0 Å². The van der Waals surface area contributed by atoms with E-state index in [1.54, 1.807) is 13.2 Å². The number of nitrogens with one attached hydrogen (secondary N) is 1. The molecule has 1 aromatic rings. The predicted octanol–water partition coefficient (Wildman–Crippen LogP) is 1.89. The van der Waals surface area contributed by atoms with Gasteiger partial charge < -0.3 is 10.1 Å². The summed E-state index contributed by atoms with van der Waals surface area (Å²) in [6, 6.07) is 5.52. The van der Waals surface area contributed by atoms with Crippen molar-refractivity contribution in [3.8, 4) is 5.75 Å². The Morgan fingerprint density at radius 1 is 1.50 bits per heavy atom. The largest absolute Gasteiger partial charge is 0.497 e. The molecule has 0 spiro atoms. The van der Waals surface area contributed by atoms with Gasteiger partial charge in [0.25, 0.3) is 0 Å². The molecule has 0 bridgehead atoms. The molecule has 0 heterocycles. The zero-order valence-electron chi connectivity index (χ0n) is 10.7. The van der Waals surface area contributed by atoms with E-state index in [2.05, 4.69) is 5.32 Å². The highest BCUT2D eigenvalue weighted by Gasteiger charge is 2.26. The maximum atomic E-state index is 11.8. The third-order valence-electron chi connectivity index (χ3n) is 3.32. The molecule has 1 N–H and O–H groups in total. The first kappa shape index (κ1) is 12.6. The second-order valence-corrected chi connectivity index (χ2v) is 4.55. The molecule has 0 fully saturated rings. The summed E-state index contributed by atoms with van der Waals surface area (Å²) < 4.78 is 5.19. The molecule has 0 radical (unpaired) electrons. The van der Waals surface area contributed by atoms with Gasteiger partial charge in [0.15, 0.2) is 5.78 Å². The number of Topliss-reactive ketones (excluding diaryl/α,β-unsaturated/α-hetero) is 1. The van der Waals surface area contributed by atoms with Gasteiger partial charge in [0.05, 0.1) is 7.11 Å². The number of carbonyl (C=O) groups is 2. The molecule has 0 aliphatic heterocycles. The first-order valence-electron chi connectivity index (χ1n) is 6.07. The van der Waals surface area contributed by atoms with Gasteiger partial charge in [-0.05, 0) is 30.2 Å². The lowest BCUT2D eigenvalue weighted by molar-refractivity contribution is -0.119. The fourth-order valence-corrected chi connectivity index (χ4v) is 2.33. The molecule has 0 saturated heterocycles. The molecule has 4 nitrogen and oxygen atoms in total. The van der Waals surface area contributed by atoms with Crippen LogP contribution >= 0.6 is 0 Å². The van der Waals surface area contributed by atoms with Crippen LogP contribution < -0.4 is 10.1 Å². The Balaban J connectivity index is 2.29. The van der Waals surface area contributed by atoms with Crippen molar-refractivity contribution in [2.45, 2.75) is 25.7 Å². The van der Waals surface area contributed by atoms with Crippen LogP contribution in [0, 0.1) is 0 Å². The monoisotopic (exact) mass is 247 g/mol. The average Bonchev–Trinajstić information content (AvgIpc) is 2.37. The number of rotatable bonds is 3. The smallest absolute Gasteiger partial charge is 0.216 e. The summed E-state index contributed by atoms with van der Waals surface area (Å²) >= 11 is 0. The van der Waals surface area contributed by atoms with Crippen LogP contribution in [-0.4, -0.2) is 25.3 Å². The number of ether oxygens (including phenoxy) is 1.